The Labute approximate surface area is 162 Å². The fourth-order valence-corrected chi connectivity index (χ4v) is 7.72. The average Bonchev–Trinajstić information content (AvgIpc) is 2.60. The van der Waals surface area contributed by atoms with Crippen LogP contribution in [0.15, 0.2) is 30.3 Å². The lowest BCUT2D eigenvalue weighted by Gasteiger charge is -2.60. The van der Waals surface area contributed by atoms with E-state index in [2.05, 4.69) is 35.2 Å². The van der Waals surface area contributed by atoms with E-state index in [4.69, 9.17) is 11.6 Å². The fraction of sp³-hybridized carbons (Fsp3) is 0.696. The summed E-state index contributed by atoms with van der Waals surface area (Å²) in [4.78, 5) is 15.7. The number of hydrogen-bond acceptors (Lipinski definition) is 1. The first-order chi connectivity index (χ1) is 12.5. The van der Waals surface area contributed by atoms with Crippen LogP contribution in [0.4, 0.5) is 0 Å². The first-order valence-electron chi connectivity index (χ1n) is 10.6. The number of amides is 1. The fourth-order valence-electron chi connectivity index (χ4n) is 7.02. The second-order valence-electron chi connectivity index (χ2n) is 9.82. The van der Waals surface area contributed by atoms with E-state index in [1.54, 1.807) is 0 Å². The number of hydrogen-bond donors (Lipinski definition) is 0. The highest BCUT2D eigenvalue weighted by Crippen LogP contribution is 2.64. The van der Waals surface area contributed by atoms with Gasteiger partial charge in [-0.1, -0.05) is 30.3 Å². The number of likely N-dealkylation sites (tertiary alicyclic amines) is 1. The van der Waals surface area contributed by atoms with Crippen molar-refractivity contribution in [1.29, 1.82) is 0 Å². The van der Waals surface area contributed by atoms with Gasteiger partial charge in [0.2, 0.25) is 5.91 Å². The van der Waals surface area contributed by atoms with E-state index in [0.717, 1.165) is 70.4 Å². The molecular formula is C23H30ClNO. The molecule has 6 rings (SSSR count). The number of piperidine rings is 1. The van der Waals surface area contributed by atoms with Crippen molar-refractivity contribution in [1.82, 2.24) is 4.90 Å². The van der Waals surface area contributed by atoms with Gasteiger partial charge in [-0.15, -0.1) is 11.6 Å². The van der Waals surface area contributed by atoms with E-state index in [-0.39, 0.29) is 10.3 Å². The average molecular weight is 372 g/mol. The smallest absolute Gasteiger partial charge is 0.228 e. The number of carbonyl (C=O) groups excluding carboxylic acids is 1. The molecule has 4 saturated carbocycles. The van der Waals surface area contributed by atoms with Crippen LogP contribution in [0.25, 0.3) is 0 Å². The van der Waals surface area contributed by atoms with Crippen LogP contribution < -0.4 is 0 Å². The van der Waals surface area contributed by atoms with Crippen molar-refractivity contribution in [2.45, 2.75) is 62.7 Å². The van der Waals surface area contributed by atoms with E-state index in [9.17, 15) is 4.79 Å². The van der Waals surface area contributed by atoms with Gasteiger partial charge in [-0.2, -0.15) is 0 Å². The zero-order valence-electron chi connectivity index (χ0n) is 15.6. The largest absolute Gasteiger partial charge is 0.342 e. The molecular weight excluding hydrogens is 342 g/mol. The lowest BCUT2D eigenvalue weighted by Crippen LogP contribution is -2.59. The van der Waals surface area contributed by atoms with E-state index in [1.807, 2.05) is 0 Å². The van der Waals surface area contributed by atoms with Crippen LogP contribution in [0.5, 0.6) is 0 Å². The Morgan fingerprint density at radius 1 is 1.04 bits per heavy atom. The van der Waals surface area contributed by atoms with Gasteiger partial charge in [0.05, 0.1) is 5.41 Å². The highest BCUT2D eigenvalue weighted by atomic mass is 35.5. The van der Waals surface area contributed by atoms with Crippen LogP contribution in [0.2, 0.25) is 0 Å². The van der Waals surface area contributed by atoms with Crippen molar-refractivity contribution < 1.29 is 4.79 Å². The van der Waals surface area contributed by atoms with E-state index in [1.165, 1.54) is 12.0 Å². The molecule has 4 aliphatic carbocycles. The van der Waals surface area contributed by atoms with Gasteiger partial charge in [0.15, 0.2) is 0 Å². The Morgan fingerprint density at radius 3 is 2.31 bits per heavy atom. The quantitative estimate of drug-likeness (QED) is 0.681. The number of rotatable bonds is 3. The second kappa shape index (κ2) is 6.26. The van der Waals surface area contributed by atoms with Crippen LogP contribution in [0, 0.1) is 23.2 Å². The maximum absolute atomic E-state index is 13.5. The molecule has 4 bridgehead atoms. The van der Waals surface area contributed by atoms with E-state index >= 15 is 0 Å². The van der Waals surface area contributed by atoms with Crippen molar-refractivity contribution in [2.75, 3.05) is 13.1 Å². The lowest BCUT2D eigenvalue weighted by atomic mass is 9.49. The van der Waals surface area contributed by atoms with Crippen molar-refractivity contribution in [3.05, 3.63) is 35.9 Å². The molecule has 1 aliphatic heterocycles. The predicted molar refractivity (Wildman–Crippen MR) is 105 cm³/mol. The molecule has 0 N–H and O–H groups in total. The minimum Gasteiger partial charge on any atom is -0.342 e. The molecule has 3 heteroatoms. The summed E-state index contributed by atoms with van der Waals surface area (Å²) < 4.78 is 0. The molecule has 1 saturated heterocycles. The zero-order valence-corrected chi connectivity index (χ0v) is 16.4. The Bertz CT molecular complexity index is 665. The molecule has 26 heavy (non-hydrogen) atoms. The van der Waals surface area contributed by atoms with E-state index in [0.29, 0.717) is 17.7 Å². The summed E-state index contributed by atoms with van der Waals surface area (Å²) in [6.07, 6.45) is 10.2. The van der Waals surface area contributed by atoms with Gasteiger partial charge in [0.25, 0.3) is 0 Å². The Balaban J connectivity index is 1.24. The number of alkyl halides is 1. The Morgan fingerprint density at radius 2 is 1.69 bits per heavy atom. The summed E-state index contributed by atoms with van der Waals surface area (Å²) in [5, 5.41) is 0. The molecule has 5 aliphatic rings. The first kappa shape index (κ1) is 17.1. The van der Waals surface area contributed by atoms with Crippen molar-refractivity contribution in [3.8, 4) is 0 Å². The van der Waals surface area contributed by atoms with Crippen LogP contribution in [0.3, 0.4) is 0 Å². The Hall–Kier alpha value is -1.02. The number of nitrogens with zero attached hydrogens (tertiary/aromatic N) is 1. The van der Waals surface area contributed by atoms with Crippen LogP contribution in [0.1, 0.15) is 56.9 Å². The SMILES string of the molecule is O=C(N1CCC(Cc2ccccc2)CC1)C12C[C@H]3C[C@@H](CC(Cl)(C3)C1)C2. The molecule has 2 nitrogen and oxygen atoms in total. The molecule has 1 amide bonds. The normalized spacial score (nSPS) is 39.3. The lowest BCUT2D eigenvalue weighted by molar-refractivity contribution is -0.157. The zero-order chi connectivity index (χ0) is 17.8. The van der Waals surface area contributed by atoms with Gasteiger partial charge in [-0.05, 0) is 81.1 Å². The molecule has 0 radical (unpaired) electrons. The third-order valence-corrected chi connectivity index (χ3v) is 8.15. The van der Waals surface area contributed by atoms with Crippen LogP contribution in [-0.4, -0.2) is 28.8 Å². The molecule has 0 unspecified atom stereocenters. The molecule has 0 aromatic heterocycles. The molecule has 1 aromatic rings. The van der Waals surface area contributed by atoms with Crippen molar-refractivity contribution in [2.24, 2.45) is 23.2 Å². The monoisotopic (exact) mass is 371 g/mol. The summed E-state index contributed by atoms with van der Waals surface area (Å²) in [6, 6.07) is 10.8. The summed E-state index contributed by atoms with van der Waals surface area (Å²) in [5.74, 6) is 2.58. The first-order valence-corrected chi connectivity index (χ1v) is 10.9. The number of carbonyl (C=O) groups is 1. The van der Waals surface area contributed by atoms with Gasteiger partial charge in [0, 0.05) is 18.0 Å². The maximum atomic E-state index is 13.5. The highest BCUT2D eigenvalue weighted by molar-refractivity contribution is 6.24. The third kappa shape index (κ3) is 2.99. The number of halogens is 1. The predicted octanol–water partition coefficient (Wildman–Crippen LogP) is 5.05. The highest BCUT2D eigenvalue weighted by Gasteiger charge is 2.60. The van der Waals surface area contributed by atoms with Crippen molar-refractivity contribution in [3.63, 3.8) is 0 Å². The van der Waals surface area contributed by atoms with Gasteiger partial charge in [-0.25, -0.2) is 0 Å². The summed E-state index contributed by atoms with van der Waals surface area (Å²) in [6.45, 7) is 1.89. The van der Waals surface area contributed by atoms with E-state index < -0.39 is 0 Å². The summed E-state index contributed by atoms with van der Waals surface area (Å²) in [7, 11) is 0. The molecule has 140 valence electrons. The summed E-state index contributed by atoms with van der Waals surface area (Å²) in [5.41, 5.74) is 1.32. The van der Waals surface area contributed by atoms with Crippen LogP contribution >= 0.6 is 11.6 Å². The third-order valence-electron chi connectivity index (χ3n) is 7.71. The standard InChI is InChI=1S/C23H30ClNO/c24-23-14-19-11-20(15-23)13-22(12-19,16-23)21(26)25-8-6-18(7-9-25)10-17-4-2-1-3-5-17/h1-5,18-20H,6-16H2/t19-,20-,22?,23?/m1/s1. The number of benzene rings is 1. The molecule has 0 spiro atoms. The van der Waals surface area contributed by atoms with Gasteiger partial charge in [-0.3, -0.25) is 4.79 Å². The van der Waals surface area contributed by atoms with Crippen LogP contribution in [-0.2, 0) is 11.2 Å². The van der Waals surface area contributed by atoms with Gasteiger partial charge in [0.1, 0.15) is 0 Å². The maximum Gasteiger partial charge on any atom is 0.228 e. The minimum absolute atomic E-state index is 0.0641. The molecule has 2 atom stereocenters. The minimum atomic E-state index is -0.113. The van der Waals surface area contributed by atoms with Gasteiger partial charge >= 0.3 is 0 Å². The molecule has 5 fully saturated rings. The van der Waals surface area contributed by atoms with Gasteiger partial charge < -0.3 is 4.90 Å². The Kier molecular flexibility index (Phi) is 4.12. The second-order valence-corrected chi connectivity index (χ2v) is 10.6. The molecule has 1 heterocycles. The topological polar surface area (TPSA) is 20.3 Å². The summed E-state index contributed by atoms with van der Waals surface area (Å²) >= 11 is 6.95. The van der Waals surface area contributed by atoms with Crippen molar-refractivity contribution >= 4 is 17.5 Å². The molecule has 1 aromatic carbocycles.